The summed E-state index contributed by atoms with van der Waals surface area (Å²) in [5.74, 6) is -0.140. The van der Waals surface area contributed by atoms with Gasteiger partial charge in [-0.15, -0.1) is 4.91 Å². The Morgan fingerprint density at radius 2 is 2.29 bits per heavy atom. The van der Waals surface area contributed by atoms with Crippen molar-refractivity contribution >= 4 is 16.6 Å². The van der Waals surface area contributed by atoms with Crippen LogP contribution in [-0.4, -0.2) is 21.5 Å². The van der Waals surface area contributed by atoms with E-state index in [9.17, 15) is 10.0 Å². The van der Waals surface area contributed by atoms with Gasteiger partial charge in [-0.25, -0.2) is 0 Å². The molecule has 1 aliphatic rings. The number of fused-ring (bicyclic) bond motifs is 3. The van der Waals surface area contributed by atoms with Crippen LogP contribution in [0.1, 0.15) is 18.1 Å². The van der Waals surface area contributed by atoms with Gasteiger partial charge >= 0.3 is 0 Å². The molecule has 2 heterocycles. The van der Waals surface area contributed by atoms with Gasteiger partial charge in [0.1, 0.15) is 0 Å². The van der Waals surface area contributed by atoms with Crippen LogP contribution >= 0.6 is 0 Å². The molecule has 0 saturated heterocycles. The van der Waals surface area contributed by atoms with Gasteiger partial charge < -0.3 is 10.1 Å². The Bertz CT molecular complexity index is 603. The summed E-state index contributed by atoms with van der Waals surface area (Å²) in [6.45, 7) is 4.88. The maximum Gasteiger partial charge on any atom is 0.219 e. The third-order valence-electron chi connectivity index (χ3n) is 3.45. The minimum absolute atomic E-state index is 0.109. The molecule has 17 heavy (non-hydrogen) atoms. The number of nitrogens with zero attached hydrogens (tertiary/aromatic N) is 2. The van der Waals surface area contributed by atoms with Gasteiger partial charge in [0, 0.05) is 18.5 Å². The minimum Gasteiger partial charge on any atom is -0.493 e. The third kappa shape index (κ3) is 1.36. The van der Waals surface area contributed by atoms with Gasteiger partial charge in [0.05, 0.1) is 5.52 Å². The maximum absolute atomic E-state index is 10.7. The van der Waals surface area contributed by atoms with E-state index in [4.69, 9.17) is 0 Å². The molecule has 0 unspecified atom stereocenters. The molecule has 0 radical (unpaired) electrons. The van der Waals surface area contributed by atoms with Gasteiger partial charge in [-0.1, -0.05) is 19.1 Å². The number of aromatic nitrogens is 1. The Labute approximate surface area is 98.0 Å². The third-order valence-corrected chi connectivity index (χ3v) is 3.45. The molecule has 0 atom stereocenters. The van der Waals surface area contributed by atoms with Crippen molar-refractivity contribution in [2.75, 3.05) is 6.54 Å². The summed E-state index contributed by atoms with van der Waals surface area (Å²) in [6.07, 6.45) is 0. The van der Waals surface area contributed by atoms with Gasteiger partial charge in [-0.3, -0.25) is 4.90 Å². The highest BCUT2D eigenvalue weighted by molar-refractivity contribution is 5.96. The lowest BCUT2D eigenvalue weighted by atomic mass is 10.1. The number of benzene rings is 1. The maximum atomic E-state index is 10.7. The van der Waals surface area contributed by atoms with Gasteiger partial charge in [-0.05, 0) is 22.8 Å². The van der Waals surface area contributed by atoms with Gasteiger partial charge in [0.2, 0.25) is 5.88 Å². The number of H-pyrrole nitrogens is 1. The quantitative estimate of drug-likeness (QED) is 0.780. The summed E-state index contributed by atoms with van der Waals surface area (Å²) < 4.78 is 0. The summed E-state index contributed by atoms with van der Waals surface area (Å²) in [4.78, 5) is 15.8. The van der Waals surface area contributed by atoms with Crippen LogP contribution in [0.3, 0.4) is 0 Å². The molecule has 0 amide bonds. The van der Waals surface area contributed by atoms with E-state index >= 15 is 0 Å². The van der Waals surface area contributed by atoms with E-state index in [0.29, 0.717) is 5.39 Å². The lowest BCUT2D eigenvalue weighted by molar-refractivity contribution is 0.301. The second-order valence-corrected chi connectivity index (χ2v) is 4.34. The van der Waals surface area contributed by atoms with Crippen molar-refractivity contribution in [3.05, 3.63) is 28.2 Å². The first-order valence-corrected chi connectivity index (χ1v) is 5.65. The SMILES string of the molecule is CCN1Cc2ccc3c(N=O)c(O)[nH]c3c2C1. The zero-order valence-electron chi connectivity index (χ0n) is 9.53. The molecule has 1 aromatic carbocycles. The summed E-state index contributed by atoms with van der Waals surface area (Å²) in [5.41, 5.74) is 3.36. The Kier molecular flexibility index (Phi) is 2.16. The van der Waals surface area contributed by atoms with Crippen LogP contribution in [0.2, 0.25) is 0 Å². The lowest BCUT2D eigenvalue weighted by Crippen LogP contribution is -2.14. The van der Waals surface area contributed by atoms with E-state index in [1.54, 1.807) is 0 Å². The zero-order chi connectivity index (χ0) is 12.0. The Morgan fingerprint density at radius 1 is 1.47 bits per heavy atom. The molecule has 1 aliphatic heterocycles. The molecular weight excluding hydrogens is 218 g/mol. The Hall–Kier alpha value is -1.88. The van der Waals surface area contributed by atoms with Gasteiger partial charge in [0.25, 0.3) is 0 Å². The summed E-state index contributed by atoms with van der Waals surface area (Å²) in [5, 5.41) is 13.2. The second kappa shape index (κ2) is 3.56. The predicted octanol–water partition coefficient (Wildman–Crippen LogP) is 2.61. The first kappa shape index (κ1) is 10.3. The molecule has 0 saturated carbocycles. The molecule has 5 heteroatoms. The lowest BCUT2D eigenvalue weighted by Gasteiger charge is -2.09. The molecule has 0 bridgehead atoms. The fourth-order valence-corrected chi connectivity index (χ4v) is 2.50. The smallest absolute Gasteiger partial charge is 0.219 e. The van der Waals surface area contributed by atoms with E-state index in [2.05, 4.69) is 22.0 Å². The number of aromatic amines is 1. The molecular formula is C12H13N3O2. The highest BCUT2D eigenvalue weighted by atomic mass is 16.3. The Balaban J connectivity index is 2.24. The largest absolute Gasteiger partial charge is 0.493 e. The van der Waals surface area contributed by atoms with Crippen LogP contribution in [0, 0.1) is 4.91 Å². The van der Waals surface area contributed by atoms with Crippen LogP contribution < -0.4 is 0 Å². The van der Waals surface area contributed by atoms with Crippen LogP contribution in [0.15, 0.2) is 17.3 Å². The van der Waals surface area contributed by atoms with Crippen molar-refractivity contribution < 1.29 is 5.11 Å². The van der Waals surface area contributed by atoms with Crippen molar-refractivity contribution in [1.82, 2.24) is 9.88 Å². The molecule has 2 N–H and O–H groups in total. The van der Waals surface area contributed by atoms with Crippen molar-refractivity contribution in [3.8, 4) is 5.88 Å². The number of aromatic hydroxyl groups is 1. The van der Waals surface area contributed by atoms with E-state index in [-0.39, 0.29) is 11.6 Å². The molecule has 0 spiro atoms. The van der Waals surface area contributed by atoms with Crippen molar-refractivity contribution in [2.24, 2.45) is 5.18 Å². The molecule has 88 valence electrons. The van der Waals surface area contributed by atoms with Crippen molar-refractivity contribution in [1.29, 1.82) is 0 Å². The van der Waals surface area contributed by atoms with Crippen molar-refractivity contribution in [2.45, 2.75) is 20.0 Å². The van der Waals surface area contributed by atoms with Crippen LogP contribution in [0.5, 0.6) is 5.88 Å². The molecule has 0 aliphatic carbocycles. The normalized spacial score (nSPS) is 15.4. The molecule has 0 fully saturated rings. The topological polar surface area (TPSA) is 68.7 Å². The predicted molar refractivity (Wildman–Crippen MR) is 65.2 cm³/mol. The minimum atomic E-state index is -0.140. The van der Waals surface area contributed by atoms with E-state index in [0.717, 1.165) is 30.7 Å². The Morgan fingerprint density at radius 3 is 3.00 bits per heavy atom. The summed E-state index contributed by atoms with van der Waals surface area (Å²) in [7, 11) is 0. The van der Waals surface area contributed by atoms with Gasteiger partial charge in [-0.2, -0.15) is 0 Å². The molecule has 5 nitrogen and oxygen atoms in total. The highest BCUT2D eigenvalue weighted by Crippen LogP contribution is 2.39. The van der Waals surface area contributed by atoms with Crippen LogP contribution in [-0.2, 0) is 13.1 Å². The number of hydrogen-bond acceptors (Lipinski definition) is 4. The van der Waals surface area contributed by atoms with E-state index in [1.165, 1.54) is 5.56 Å². The standard InChI is InChI=1S/C12H13N3O2/c1-2-15-5-7-3-4-8-10(9(7)6-15)13-12(16)11(8)14-17/h3-4,13,16H,2,5-6H2,1H3. The average molecular weight is 231 g/mol. The van der Waals surface area contributed by atoms with Crippen LogP contribution in [0.25, 0.3) is 10.9 Å². The van der Waals surface area contributed by atoms with E-state index in [1.807, 2.05) is 12.1 Å². The average Bonchev–Trinajstić information content (AvgIpc) is 2.87. The number of nitrogens with one attached hydrogen (secondary N) is 1. The zero-order valence-corrected chi connectivity index (χ0v) is 9.53. The van der Waals surface area contributed by atoms with Crippen LogP contribution in [0.4, 0.5) is 5.69 Å². The highest BCUT2D eigenvalue weighted by Gasteiger charge is 2.23. The second-order valence-electron chi connectivity index (χ2n) is 4.34. The number of nitroso groups, excluding NO2 is 1. The fraction of sp³-hybridized carbons (Fsp3) is 0.333. The fourth-order valence-electron chi connectivity index (χ4n) is 2.50. The molecule has 1 aromatic heterocycles. The molecule has 3 rings (SSSR count). The number of hydrogen-bond donors (Lipinski definition) is 2. The van der Waals surface area contributed by atoms with Gasteiger partial charge in [0.15, 0.2) is 5.69 Å². The first-order chi connectivity index (χ1) is 8.24. The summed E-state index contributed by atoms with van der Waals surface area (Å²) >= 11 is 0. The monoisotopic (exact) mass is 231 g/mol. The first-order valence-electron chi connectivity index (χ1n) is 5.65. The molecule has 2 aromatic rings. The summed E-state index contributed by atoms with van der Waals surface area (Å²) in [6, 6.07) is 3.86. The van der Waals surface area contributed by atoms with E-state index < -0.39 is 0 Å². The number of rotatable bonds is 2. The van der Waals surface area contributed by atoms with Crippen molar-refractivity contribution in [3.63, 3.8) is 0 Å².